The summed E-state index contributed by atoms with van der Waals surface area (Å²) >= 11 is 0. The number of amides is 1. The SMILES string of the molecule is O=C(COc1ccccc1)N(Cc1ccc2[nH]ccc2c1)C1CC1. The fourth-order valence-corrected chi connectivity index (χ4v) is 2.95. The number of ether oxygens (including phenoxy) is 1. The highest BCUT2D eigenvalue weighted by atomic mass is 16.5. The van der Waals surface area contributed by atoms with Gasteiger partial charge in [-0.1, -0.05) is 24.3 Å². The van der Waals surface area contributed by atoms with Crippen LogP contribution in [0.15, 0.2) is 60.8 Å². The third-order valence-electron chi connectivity index (χ3n) is 4.38. The molecule has 3 aromatic rings. The lowest BCUT2D eigenvalue weighted by Gasteiger charge is -2.22. The molecule has 0 spiro atoms. The van der Waals surface area contributed by atoms with E-state index in [9.17, 15) is 4.79 Å². The van der Waals surface area contributed by atoms with Crippen molar-refractivity contribution in [3.8, 4) is 5.75 Å². The number of aromatic nitrogens is 1. The van der Waals surface area contributed by atoms with Gasteiger partial charge in [-0.15, -0.1) is 0 Å². The van der Waals surface area contributed by atoms with Crippen molar-refractivity contribution in [2.45, 2.75) is 25.4 Å². The lowest BCUT2D eigenvalue weighted by atomic mass is 10.1. The maximum Gasteiger partial charge on any atom is 0.261 e. The number of hydrogen-bond donors (Lipinski definition) is 1. The minimum Gasteiger partial charge on any atom is -0.484 e. The highest BCUT2D eigenvalue weighted by Gasteiger charge is 2.32. The molecular formula is C20H20N2O2. The van der Waals surface area contributed by atoms with E-state index >= 15 is 0 Å². The Morgan fingerprint density at radius 1 is 1.12 bits per heavy atom. The van der Waals surface area contributed by atoms with Crippen molar-refractivity contribution >= 4 is 16.8 Å². The Morgan fingerprint density at radius 3 is 2.75 bits per heavy atom. The van der Waals surface area contributed by atoms with Crippen molar-refractivity contribution in [2.24, 2.45) is 0 Å². The zero-order chi connectivity index (χ0) is 16.4. The Labute approximate surface area is 141 Å². The highest BCUT2D eigenvalue weighted by molar-refractivity contribution is 5.81. The van der Waals surface area contributed by atoms with E-state index in [1.807, 2.05) is 41.4 Å². The van der Waals surface area contributed by atoms with Crippen LogP contribution < -0.4 is 4.74 Å². The smallest absolute Gasteiger partial charge is 0.261 e. The van der Waals surface area contributed by atoms with Crippen LogP contribution in [-0.4, -0.2) is 28.4 Å². The zero-order valence-electron chi connectivity index (χ0n) is 13.4. The number of carbonyl (C=O) groups excluding carboxylic acids is 1. The van der Waals surface area contributed by atoms with Gasteiger partial charge in [0, 0.05) is 24.3 Å². The van der Waals surface area contributed by atoms with Crippen LogP contribution in [0.2, 0.25) is 0 Å². The third kappa shape index (κ3) is 3.27. The fourth-order valence-electron chi connectivity index (χ4n) is 2.95. The molecule has 122 valence electrons. The number of hydrogen-bond acceptors (Lipinski definition) is 2. The maximum atomic E-state index is 12.6. The minimum atomic E-state index is 0.0514. The largest absolute Gasteiger partial charge is 0.484 e. The van der Waals surface area contributed by atoms with Crippen LogP contribution in [0.4, 0.5) is 0 Å². The van der Waals surface area contributed by atoms with Crippen LogP contribution in [0.5, 0.6) is 5.75 Å². The van der Waals surface area contributed by atoms with Crippen LogP contribution >= 0.6 is 0 Å². The molecule has 0 saturated heterocycles. The number of aromatic amines is 1. The Hall–Kier alpha value is -2.75. The molecule has 1 heterocycles. The second-order valence-corrected chi connectivity index (χ2v) is 6.25. The van der Waals surface area contributed by atoms with Crippen molar-refractivity contribution in [3.05, 3.63) is 66.4 Å². The molecule has 0 atom stereocenters. The Morgan fingerprint density at radius 2 is 1.96 bits per heavy atom. The number of nitrogens with zero attached hydrogens (tertiary/aromatic N) is 1. The molecule has 1 fully saturated rings. The summed E-state index contributed by atoms with van der Waals surface area (Å²) in [6, 6.07) is 18.2. The molecule has 4 rings (SSSR count). The van der Waals surface area contributed by atoms with E-state index in [2.05, 4.69) is 29.2 Å². The van der Waals surface area contributed by atoms with Gasteiger partial charge in [-0.25, -0.2) is 0 Å². The molecule has 1 amide bonds. The summed E-state index contributed by atoms with van der Waals surface area (Å²) in [7, 11) is 0. The standard InChI is InChI=1S/C20H20N2O2/c23-20(14-24-18-4-2-1-3-5-18)22(17-7-8-17)13-15-6-9-19-16(12-15)10-11-21-19/h1-6,9-12,17,21H,7-8,13-14H2. The second-order valence-electron chi connectivity index (χ2n) is 6.25. The van der Waals surface area contributed by atoms with Gasteiger partial charge in [-0.2, -0.15) is 0 Å². The van der Waals surface area contributed by atoms with Gasteiger partial charge in [-0.3, -0.25) is 4.79 Å². The van der Waals surface area contributed by atoms with Crippen molar-refractivity contribution in [1.29, 1.82) is 0 Å². The van der Waals surface area contributed by atoms with Crippen LogP contribution in [0, 0.1) is 0 Å². The van der Waals surface area contributed by atoms with Gasteiger partial charge >= 0.3 is 0 Å². The van der Waals surface area contributed by atoms with Gasteiger partial charge in [0.05, 0.1) is 0 Å². The summed E-state index contributed by atoms with van der Waals surface area (Å²) in [6.07, 6.45) is 4.11. The van der Waals surface area contributed by atoms with Crippen LogP contribution in [0.25, 0.3) is 10.9 Å². The first-order valence-corrected chi connectivity index (χ1v) is 8.33. The molecule has 0 bridgehead atoms. The Kier molecular flexibility index (Phi) is 3.95. The predicted molar refractivity (Wildman–Crippen MR) is 93.8 cm³/mol. The molecule has 1 saturated carbocycles. The van der Waals surface area contributed by atoms with Gasteiger partial charge < -0.3 is 14.6 Å². The van der Waals surface area contributed by atoms with Gasteiger partial charge in [0.15, 0.2) is 6.61 Å². The van der Waals surface area contributed by atoms with Crippen LogP contribution in [-0.2, 0) is 11.3 Å². The van der Waals surface area contributed by atoms with Crippen molar-refractivity contribution in [2.75, 3.05) is 6.61 Å². The quantitative estimate of drug-likeness (QED) is 0.752. The van der Waals surface area contributed by atoms with E-state index < -0.39 is 0 Å². The molecule has 1 N–H and O–H groups in total. The summed E-state index contributed by atoms with van der Waals surface area (Å²) in [4.78, 5) is 17.8. The number of rotatable bonds is 6. The average Bonchev–Trinajstić information content (AvgIpc) is 3.35. The van der Waals surface area contributed by atoms with Gasteiger partial charge in [0.25, 0.3) is 5.91 Å². The van der Waals surface area contributed by atoms with Crippen molar-refractivity contribution in [3.63, 3.8) is 0 Å². The van der Waals surface area contributed by atoms with E-state index in [4.69, 9.17) is 4.74 Å². The normalized spacial score (nSPS) is 13.8. The summed E-state index contributed by atoms with van der Waals surface area (Å²) in [6.45, 7) is 0.732. The molecule has 0 aliphatic heterocycles. The van der Waals surface area contributed by atoms with Gasteiger partial charge in [0.1, 0.15) is 5.75 Å². The van der Waals surface area contributed by atoms with Crippen LogP contribution in [0.3, 0.4) is 0 Å². The lowest BCUT2D eigenvalue weighted by molar-refractivity contribution is -0.134. The summed E-state index contributed by atoms with van der Waals surface area (Å²) in [5, 5.41) is 1.18. The summed E-state index contributed by atoms with van der Waals surface area (Å²) < 4.78 is 5.63. The predicted octanol–water partition coefficient (Wildman–Crippen LogP) is 3.74. The highest BCUT2D eigenvalue weighted by Crippen LogP contribution is 2.29. The van der Waals surface area contributed by atoms with E-state index in [0.29, 0.717) is 12.6 Å². The minimum absolute atomic E-state index is 0.0514. The van der Waals surface area contributed by atoms with Crippen molar-refractivity contribution < 1.29 is 9.53 Å². The topological polar surface area (TPSA) is 45.3 Å². The Balaban J connectivity index is 1.44. The molecule has 24 heavy (non-hydrogen) atoms. The monoisotopic (exact) mass is 320 g/mol. The number of nitrogens with one attached hydrogen (secondary N) is 1. The molecule has 0 radical (unpaired) electrons. The number of para-hydroxylation sites is 1. The lowest BCUT2D eigenvalue weighted by Crippen LogP contribution is -2.36. The molecule has 0 unspecified atom stereocenters. The van der Waals surface area contributed by atoms with Gasteiger partial charge in [0.2, 0.25) is 0 Å². The first-order valence-electron chi connectivity index (χ1n) is 8.33. The molecule has 2 aromatic carbocycles. The summed E-state index contributed by atoms with van der Waals surface area (Å²) in [5.74, 6) is 0.783. The molecule has 4 heteroatoms. The van der Waals surface area contributed by atoms with E-state index in [1.165, 1.54) is 5.39 Å². The molecule has 1 aliphatic rings. The third-order valence-corrected chi connectivity index (χ3v) is 4.38. The van der Waals surface area contributed by atoms with E-state index in [-0.39, 0.29) is 12.5 Å². The molecule has 1 aliphatic carbocycles. The molecule has 1 aromatic heterocycles. The first kappa shape index (κ1) is 14.8. The molecule has 4 nitrogen and oxygen atoms in total. The summed E-state index contributed by atoms with van der Waals surface area (Å²) in [5.41, 5.74) is 2.28. The number of benzene rings is 2. The fraction of sp³-hybridized carbons (Fsp3) is 0.250. The Bertz CT molecular complexity index is 837. The van der Waals surface area contributed by atoms with Crippen molar-refractivity contribution in [1.82, 2.24) is 9.88 Å². The number of H-pyrrole nitrogens is 1. The van der Waals surface area contributed by atoms with Gasteiger partial charge in [-0.05, 0) is 54.1 Å². The number of carbonyl (C=O) groups is 1. The number of fused-ring (bicyclic) bond motifs is 1. The zero-order valence-corrected chi connectivity index (χ0v) is 13.4. The van der Waals surface area contributed by atoms with E-state index in [1.54, 1.807) is 0 Å². The average molecular weight is 320 g/mol. The van der Waals surface area contributed by atoms with E-state index in [0.717, 1.165) is 29.7 Å². The van der Waals surface area contributed by atoms with Crippen LogP contribution in [0.1, 0.15) is 18.4 Å². The second kappa shape index (κ2) is 6.40. The molecular weight excluding hydrogens is 300 g/mol. The first-order chi connectivity index (χ1) is 11.8. The maximum absolute atomic E-state index is 12.6.